The summed E-state index contributed by atoms with van der Waals surface area (Å²) in [4.78, 5) is 28.7. The lowest BCUT2D eigenvalue weighted by molar-refractivity contribution is -0.139. The van der Waals surface area contributed by atoms with Crippen LogP contribution >= 0.6 is 0 Å². The van der Waals surface area contributed by atoms with Crippen LogP contribution in [0.25, 0.3) is 0 Å². The number of rotatable bonds is 8. The first-order valence-electron chi connectivity index (χ1n) is 9.37. The fraction of sp³-hybridized carbons (Fsp3) is 0.882. The van der Waals surface area contributed by atoms with E-state index in [1.807, 2.05) is 18.7 Å². The van der Waals surface area contributed by atoms with E-state index in [9.17, 15) is 18.4 Å². The summed E-state index contributed by atoms with van der Waals surface area (Å²) in [6.45, 7) is 5.70. The molecule has 0 spiro atoms. The van der Waals surface area contributed by atoms with Gasteiger partial charge in [-0.3, -0.25) is 14.6 Å². The molecule has 1 aliphatic carbocycles. The van der Waals surface area contributed by atoms with Gasteiger partial charge in [-0.1, -0.05) is 13.8 Å². The summed E-state index contributed by atoms with van der Waals surface area (Å²) in [5.41, 5.74) is 0. The van der Waals surface area contributed by atoms with E-state index in [0.29, 0.717) is 26.2 Å². The number of likely N-dealkylation sites (N-methyl/N-ethyl adjacent to an activating group) is 1. The van der Waals surface area contributed by atoms with Crippen LogP contribution in [0.1, 0.15) is 33.1 Å². The minimum absolute atomic E-state index is 0.0200. The van der Waals surface area contributed by atoms with E-state index in [0.717, 1.165) is 19.3 Å². The zero-order valence-corrected chi connectivity index (χ0v) is 15.5. The van der Waals surface area contributed by atoms with E-state index in [-0.39, 0.29) is 37.2 Å². The monoisotopic (exact) mass is 376 g/mol. The van der Waals surface area contributed by atoms with Gasteiger partial charge in [-0.2, -0.15) is 0 Å². The van der Waals surface area contributed by atoms with Gasteiger partial charge in [0.1, 0.15) is 0 Å². The second-order valence-corrected chi connectivity index (χ2v) is 7.12. The average Bonchev–Trinajstić information content (AvgIpc) is 2.55. The van der Waals surface area contributed by atoms with Crippen molar-refractivity contribution in [1.29, 1.82) is 0 Å². The molecule has 0 aromatic carbocycles. The summed E-state index contributed by atoms with van der Waals surface area (Å²) in [5.74, 6) is -0.841. The Bertz CT molecular complexity index is 489. The molecule has 1 heterocycles. The van der Waals surface area contributed by atoms with Gasteiger partial charge in [0.15, 0.2) is 0 Å². The maximum Gasteiger partial charge on any atom is 0.317 e. The van der Waals surface area contributed by atoms with E-state index in [1.54, 1.807) is 9.80 Å². The molecule has 2 rings (SSSR count). The van der Waals surface area contributed by atoms with Crippen molar-refractivity contribution in [3.63, 3.8) is 0 Å². The molecule has 1 atom stereocenters. The molecule has 1 unspecified atom stereocenters. The largest absolute Gasteiger partial charge is 0.480 e. The summed E-state index contributed by atoms with van der Waals surface area (Å²) >= 11 is 0. The number of hydrogen-bond acceptors (Lipinski definition) is 4. The zero-order chi connectivity index (χ0) is 19.3. The average molecular weight is 376 g/mol. The predicted octanol–water partition coefficient (Wildman–Crippen LogP) is 1.29. The van der Waals surface area contributed by atoms with E-state index < -0.39 is 12.4 Å². The molecule has 0 aromatic rings. The Morgan fingerprint density at radius 2 is 1.96 bits per heavy atom. The Kier molecular flexibility index (Phi) is 7.57. The Morgan fingerprint density at radius 3 is 2.50 bits per heavy atom. The van der Waals surface area contributed by atoms with Crippen LogP contribution in [0.15, 0.2) is 0 Å². The number of carbonyl (C=O) groups excluding carboxylic acids is 1. The van der Waals surface area contributed by atoms with Crippen molar-refractivity contribution in [3.05, 3.63) is 0 Å². The number of carboxylic acid groups (broad SMARTS) is 1. The molecular weight excluding hydrogens is 346 g/mol. The first kappa shape index (κ1) is 20.8. The highest BCUT2D eigenvalue weighted by atomic mass is 19.3. The first-order valence-corrected chi connectivity index (χ1v) is 9.37. The van der Waals surface area contributed by atoms with Crippen molar-refractivity contribution in [1.82, 2.24) is 20.0 Å². The van der Waals surface area contributed by atoms with E-state index in [1.165, 1.54) is 0 Å². The third-order valence-corrected chi connectivity index (χ3v) is 5.44. The maximum atomic E-state index is 12.6. The second-order valence-electron chi connectivity index (χ2n) is 7.12. The molecule has 0 aromatic heterocycles. The fourth-order valence-electron chi connectivity index (χ4n) is 3.82. The summed E-state index contributed by atoms with van der Waals surface area (Å²) < 4.78 is 25.3. The number of piperazine rings is 1. The highest BCUT2D eigenvalue weighted by Gasteiger charge is 2.36. The van der Waals surface area contributed by atoms with Crippen LogP contribution in [-0.4, -0.2) is 95.6 Å². The highest BCUT2D eigenvalue weighted by Crippen LogP contribution is 2.26. The number of halogens is 2. The van der Waals surface area contributed by atoms with Crippen molar-refractivity contribution < 1.29 is 23.5 Å². The molecule has 2 N–H and O–H groups in total. The van der Waals surface area contributed by atoms with Crippen LogP contribution in [0.4, 0.5) is 13.6 Å². The van der Waals surface area contributed by atoms with Crippen LogP contribution in [0.3, 0.4) is 0 Å². The Labute approximate surface area is 153 Å². The zero-order valence-electron chi connectivity index (χ0n) is 15.5. The summed E-state index contributed by atoms with van der Waals surface area (Å²) in [6, 6.07) is 0.0517. The molecule has 1 saturated carbocycles. The predicted molar refractivity (Wildman–Crippen MR) is 93.5 cm³/mol. The van der Waals surface area contributed by atoms with Crippen molar-refractivity contribution in [2.75, 3.05) is 39.3 Å². The van der Waals surface area contributed by atoms with Gasteiger partial charge in [-0.25, -0.2) is 13.6 Å². The molecule has 2 aliphatic rings. The Morgan fingerprint density at radius 1 is 1.27 bits per heavy atom. The van der Waals surface area contributed by atoms with Crippen LogP contribution in [0.5, 0.6) is 0 Å². The molecule has 1 saturated heterocycles. The van der Waals surface area contributed by atoms with E-state index in [4.69, 9.17) is 5.11 Å². The smallest absolute Gasteiger partial charge is 0.317 e. The number of aliphatic carboxylic acids is 1. The highest BCUT2D eigenvalue weighted by molar-refractivity contribution is 5.75. The second kappa shape index (κ2) is 9.45. The quantitative estimate of drug-likeness (QED) is 0.668. The topological polar surface area (TPSA) is 76.1 Å². The standard InChI is InChI=1S/C17H30F2N4O3/c1-3-13-9-23(6-5-22(13)10-15(18)19)17(26)20-12-7-14(8-12)21(4-2)11-16(24)25/h12-15H,3-11H2,1-2H3,(H,20,26)(H,24,25). The lowest BCUT2D eigenvalue weighted by atomic mass is 9.85. The third-order valence-electron chi connectivity index (χ3n) is 5.44. The lowest BCUT2D eigenvalue weighted by Gasteiger charge is -2.44. The molecule has 1 aliphatic heterocycles. The number of alkyl halides is 2. The molecule has 0 radical (unpaired) electrons. The minimum atomic E-state index is -2.36. The molecule has 9 heteroatoms. The van der Waals surface area contributed by atoms with Crippen molar-refractivity contribution in [3.8, 4) is 0 Å². The Hall–Kier alpha value is -1.48. The van der Waals surface area contributed by atoms with E-state index >= 15 is 0 Å². The fourth-order valence-corrected chi connectivity index (χ4v) is 3.82. The number of amides is 2. The number of nitrogens with zero attached hydrogens (tertiary/aromatic N) is 3. The molecule has 2 amide bonds. The summed E-state index contributed by atoms with van der Waals surface area (Å²) in [5, 5.41) is 11.9. The van der Waals surface area contributed by atoms with Crippen LogP contribution in [0.2, 0.25) is 0 Å². The number of hydrogen-bond donors (Lipinski definition) is 2. The normalized spacial score (nSPS) is 26.8. The van der Waals surface area contributed by atoms with Crippen molar-refractivity contribution in [2.45, 2.75) is 57.7 Å². The molecule has 150 valence electrons. The number of nitrogens with one attached hydrogen (secondary N) is 1. The molecule has 0 bridgehead atoms. The Balaban J connectivity index is 1.76. The van der Waals surface area contributed by atoms with Crippen LogP contribution in [-0.2, 0) is 4.79 Å². The third kappa shape index (κ3) is 5.51. The van der Waals surface area contributed by atoms with Gasteiger partial charge < -0.3 is 15.3 Å². The molecule has 7 nitrogen and oxygen atoms in total. The SMILES string of the molecule is CCC1CN(C(=O)NC2CC(N(CC)CC(=O)O)C2)CCN1CC(F)F. The van der Waals surface area contributed by atoms with Gasteiger partial charge in [0.05, 0.1) is 13.1 Å². The summed E-state index contributed by atoms with van der Waals surface area (Å²) in [7, 11) is 0. The van der Waals surface area contributed by atoms with Crippen molar-refractivity contribution in [2.24, 2.45) is 0 Å². The minimum Gasteiger partial charge on any atom is -0.480 e. The van der Waals surface area contributed by atoms with Gasteiger partial charge in [-0.15, -0.1) is 0 Å². The van der Waals surface area contributed by atoms with Gasteiger partial charge >= 0.3 is 12.0 Å². The van der Waals surface area contributed by atoms with E-state index in [2.05, 4.69) is 5.32 Å². The van der Waals surface area contributed by atoms with Crippen LogP contribution < -0.4 is 5.32 Å². The molecule has 26 heavy (non-hydrogen) atoms. The molecular formula is C17H30F2N4O3. The van der Waals surface area contributed by atoms with Gasteiger partial charge in [0, 0.05) is 37.8 Å². The summed E-state index contributed by atoms with van der Waals surface area (Å²) in [6.07, 6.45) is -0.142. The van der Waals surface area contributed by atoms with Crippen LogP contribution in [0, 0.1) is 0 Å². The first-order chi connectivity index (χ1) is 12.3. The number of carboxylic acids is 1. The van der Waals surface area contributed by atoms with Gasteiger partial charge in [0.2, 0.25) is 0 Å². The number of urea groups is 1. The van der Waals surface area contributed by atoms with Gasteiger partial charge in [-0.05, 0) is 25.8 Å². The van der Waals surface area contributed by atoms with Gasteiger partial charge in [0.25, 0.3) is 6.43 Å². The lowest BCUT2D eigenvalue weighted by Crippen LogP contribution is -2.61. The van der Waals surface area contributed by atoms with Crippen molar-refractivity contribution >= 4 is 12.0 Å². The number of carbonyl (C=O) groups is 2. The molecule has 2 fully saturated rings. The maximum absolute atomic E-state index is 12.6.